The first kappa shape index (κ1) is 14.0. The predicted octanol–water partition coefficient (Wildman–Crippen LogP) is 2.56. The number of ether oxygens (including phenoxy) is 1. The maximum atomic E-state index is 6.25. The van der Waals surface area contributed by atoms with Crippen LogP contribution < -0.4 is 5.73 Å². The van der Waals surface area contributed by atoms with Crippen molar-refractivity contribution in [3.05, 3.63) is 21.9 Å². The first-order chi connectivity index (χ1) is 8.59. The summed E-state index contributed by atoms with van der Waals surface area (Å²) >= 11 is 1.83. The van der Waals surface area contributed by atoms with E-state index in [2.05, 4.69) is 37.1 Å². The van der Waals surface area contributed by atoms with Gasteiger partial charge in [-0.3, -0.25) is 4.90 Å². The van der Waals surface area contributed by atoms with Crippen LogP contribution in [0.3, 0.4) is 0 Å². The first-order valence-corrected chi connectivity index (χ1v) is 7.62. The van der Waals surface area contributed by atoms with E-state index in [1.807, 2.05) is 11.3 Å². The predicted molar refractivity (Wildman–Crippen MR) is 77.1 cm³/mol. The molecule has 18 heavy (non-hydrogen) atoms. The zero-order valence-corrected chi connectivity index (χ0v) is 12.4. The number of hydrogen-bond donors (Lipinski definition) is 1. The molecule has 0 aromatic carbocycles. The van der Waals surface area contributed by atoms with Gasteiger partial charge in [-0.05, 0) is 44.2 Å². The Labute approximate surface area is 114 Å². The standard InChI is InChI=1S/C14H24N2OS/c1-10-5-8-18-14(10)13(12(3)15)16-6-4-7-17-11(2)9-16/h5,8,11-13H,4,6-7,9,15H2,1-3H3. The highest BCUT2D eigenvalue weighted by Crippen LogP contribution is 2.31. The molecule has 1 aromatic heterocycles. The van der Waals surface area contributed by atoms with Crippen molar-refractivity contribution in [2.75, 3.05) is 19.7 Å². The molecule has 0 saturated carbocycles. The summed E-state index contributed by atoms with van der Waals surface area (Å²) in [5.41, 5.74) is 7.61. The van der Waals surface area contributed by atoms with Crippen LogP contribution in [0.2, 0.25) is 0 Å². The van der Waals surface area contributed by atoms with Gasteiger partial charge in [0.25, 0.3) is 0 Å². The Morgan fingerprint density at radius 2 is 2.33 bits per heavy atom. The quantitative estimate of drug-likeness (QED) is 0.915. The summed E-state index contributed by atoms with van der Waals surface area (Å²) in [5, 5.41) is 2.16. The van der Waals surface area contributed by atoms with Crippen molar-refractivity contribution in [2.24, 2.45) is 5.73 Å². The van der Waals surface area contributed by atoms with Crippen molar-refractivity contribution in [2.45, 2.75) is 45.4 Å². The Hall–Kier alpha value is -0.420. The van der Waals surface area contributed by atoms with Crippen molar-refractivity contribution in [3.8, 4) is 0 Å². The van der Waals surface area contributed by atoms with Crippen LogP contribution >= 0.6 is 11.3 Å². The molecule has 3 nitrogen and oxygen atoms in total. The maximum Gasteiger partial charge on any atom is 0.0674 e. The lowest BCUT2D eigenvalue weighted by Crippen LogP contribution is -2.42. The number of rotatable bonds is 3. The molecule has 2 N–H and O–H groups in total. The van der Waals surface area contributed by atoms with E-state index in [0.717, 1.165) is 26.1 Å². The van der Waals surface area contributed by atoms with Crippen LogP contribution in [0.1, 0.15) is 36.8 Å². The molecule has 0 bridgehead atoms. The summed E-state index contributed by atoms with van der Waals surface area (Å²) in [5.74, 6) is 0. The summed E-state index contributed by atoms with van der Waals surface area (Å²) in [4.78, 5) is 3.92. The smallest absolute Gasteiger partial charge is 0.0674 e. The topological polar surface area (TPSA) is 38.5 Å². The minimum Gasteiger partial charge on any atom is -0.377 e. The van der Waals surface area contributed by atoms with Gasteiger partial charge in [0.2, 0.25) is 0 Å². The summed E-state index contributed by atoms with van der Waals surface area (Å²) in [6.45, 7) is 9.36. The summed E-state index contributed by atoms with van der Waals surface area (Å²) in [6.07, 6.45) is 1.40. The van der Waals surface area contributed by atoms with Gasteiger partial charge in [0.1, 0.15) is 0 Å². The lowest BCUT2D eigenvalue weighted by Gasteiger charge is -2.34. The third-order valence-corrected chi connectivity index (χ3v) is 4.63. The van der Waals surface area contributed by atoms with E-state index in [0.29, 0.717) is 12.1 Å². The number of thiophene rings is 1. The zero-order valence-electron chi connectivity index (χ0n) is 11.6. The fourth-order valence-electron chi connectivity index (χ4n) is 2.70. The lowest BCUT2D eigenvalue weighted by atomic mass is 10.0. The van der Waals surface area contributed by atoms with Crippen LogP contribution in [0, 0.1) is 6.92 Å². The highest BCUT2D eigenvalue weighted by molar-refractivity contribution is 7.10. The van der Waals surface area contributed by atoms with Gasteiger partial charge < -0.3 is 10.5 Å². The lowest BCUT2D eigenvalue weighted by molar-refractivity contribution is 0.0586. The molecule has 2 heterocycles. The molecule has 0 amide bonds. The third kappa shape index (κ3) is 3.12. The maximum absolute atomic E-state index is 6.25. The molecule has 0 aliphatic carbocycles. The second-order valence-electron chi connectivity index (χ2n) is 5.30. The Morgan fingerprint density at radius 3 is 2.94 bits per heavy atom. The number of aryl methyl sites for hydroxylation is 1. The molecule has 1 aromatic rings. The average molecular weight is 268 g/mol. The Kier molecular flexibility index (Phi) is 4.78. The largest absolute Gasteiger partial charge is 0.377 e. The molecular weight excluding hydrogens is 244 g/mol. The highest BCUT2D eigenvalue weighted by Gasteiger charge is 2.28. The minimum absolute atomic E-state index is 0.146. The van der Waals surface area contributed by atoms with E-state index >= 15 is 0 Å². The van der Waals surface area contributed by atoms with E-state index in [1.54, 1.807) is 0 Å². The fraction of sp³-hybridized carbons (Fsp3) is 0.714. The third-order valence-electron chi connectivity index (χ3n) is 3.55. The molecule has 3 unspecified atom stereocenters. The average Bonchev–Trinajstić information content (AvgIpc) is 2.59. The van der Waals surface area contributed by atoms with Gasteiger partial charge in [0.05, 0.1) is 12.1 Å². The SMILES string of the molecule is Cc1ccsc1C(C(C)N)N1CCCOC(C)C1. The molecule has 1 aliphatic heterocycles. The van der Waals surface area contributed by atoms with Crippen LogP contribution in [0.5, 0.6) is 0 Å². The Balaban J connectivity index is 2.21. The molecule has 102 valence electrons. The van der Waals surface area contributed by atoms with Crippen molar-refractivity contribution in [3.63, 3.8) is 0 Å². The summed E-state index contributed by atoms with van der Waals surface area (Å²) in [6, 6.07) is 2.66. The van der Waals surface area contributed by atoms with Crippen molar-refractivity contribution < 1.29 is 4.74 Å². The van der Waals surface area contributed by atoms with Gasteiger partial charge in [0, 0.05) is 30.6 Å². The van der Waals surface area contributed by atoms with Crippen molar-refractivity contribution in [1.82, 2.24) is 4.90 Å². The molecule has 4 heteroatoms. The number of nitrogens with zero attached hydrogens (tertiary/aromatic N) is 1. The van der Waals surface area contributed by atoms with Crippen molar-refractivity contribution in [1.29, 1.82) is 0 Å². The van der Waals surface area contributed by atoms with Crippen LogP contribution in [0.4, 0.5) is 0 Å². The van der Waals surface area contributed by atoms with Gasteiger partial charge in [-0.25, -0.2) is 0 Å². The van der Waals surface area contributed by atoms with Crippen molar-refractivity contribution >= 4 is 11.3 Å². The zero-order chi connectivity index (χ0) is 13.1. The van der Waals surface area contributed by atoms with Gasteiger partial charge in [0.15, 0.2) is 0 Å². The molecule has 1 saturated heterocycles. The Bertz CT molecular complexity index is 378. The molecular formula is C14H24N2OS. The number of hydrogen-bond acceptors (Lipinski definition) is 4. The highest BCUT2D eigenvalue weighted by atomic mass is 32.1. The molecule has 1 fully saturated rings. The first-order valence-electron chi connectivity index (χ1n) is 6.75. The minimum atomic E-state index is 0.146. The molecule has 1 aliphatic rings. The van der Waals surface area contributed by atoms with E-state index in [-0.39, 0.29) is 6.04 Å². The van der Waals surface area contributed by atoms with Crippen LogP contribution in [-0.4, -0.2) is 36.7 Å². The normalized spacial score (nSPS) is 25.7. The molecule has 3 atom stereocenters. The Morgan fingerprint density at radius 1 is 1.56 bits per heavy atom. The van der Waals surface area contributed by atoms with Gasteiger partial charge in [-0.15, -0.1) is 11.3 Å². The van der Waals surface area contributed by atoms with Crippen LogP contribution in [-0.2, 0) is 4.74 Å². The number of nitrogens with two attached hydrogens (primary N) is 1. The van der Waals surface area contributed by atoms with Crippen LogP contribution in [0.15, 0.2) is 11.4 Å². The molecule has 2 rings (SSSR count). The van der Waals surface area contributed by atoms with E-state index in [1.165, 1.54) is 10.4 Å². The monoisotopic (exact) mass is 268 g/mol. The van der Waals surface area contributed by atoms with E-state index in [9.17, 15) is 0 Å². The fourth-order valence-corrected chi connectivity index (χ4v) is 3.88. The van der Waals surface area contributed by atoms with Gasteiger partial charge >= 0.3 is 0 Å². The van der Waals surface area contributed by atoms with Crippen LogP contribution in [0.25, 0.3) is 0 Å². The summed E-state index contributed by atoms with van der Waals surface area (Å²) in [7, 11) is 0. The van der Waals surface area contributed by atoms with E-state index < -0.39 is 0 Å². The molecule has 0 spiro atoms. The van der Waals surface area contributed by atoms with Gasteiger partial charge in [-0.2, -0.15) is 0 Å². The van der Waals surface area contributed by atoms with E-state index in [4.69, 9.17) is 10.5 Å². The molecule has 0 radical (unpaired) electrons. The second kappa shape index (κ2) is 6.15. The second-order valence-corrected chi connectivity index (χ2v) is 6.25. The van der Waals surface area contributed by atoms with Gasteiger partial charge in [-0.1, -0.05) is 0 Å². The summed E-state index contributed by atoms with van der Waals surface area (Å²) < 4.78 is 5.73.